The molecule has 0 spiro atoms. The van der Waals surface area contributed by atoms with Crippen LogP contribution < -0.4 is 0 Å². The lowest BCUT2D eigenvalue weighted by molar-refractivity contribution is 0.459. The van der Waals surface area contributed by atoms with Crippen LogP contribution in [0.4, 0.5) is 0 Å². The number of phenols is 1. The molecule has 0 aliphatic rings. The summed E-state index contributed by atoms with van der Waals surface area (Å²) in [5.41, 5.74) is 0.512. The fourth-order valence-corrected chi connectivity index (χ4v) is 1.49. The van der Waals surface area contributed by atoms with Gasteiger partial charge in [-0.2, -0.15) is 8.42 Å². The molecule has 1 aromatic carbocycles. The average Bonchev–Trinajstić information content (AvgIpc) is 2.07. The fraction of sp³-hybridized carbons (Fsp3) is 0.333. The van der Waals surface area contributed by atoms with E-state index in [1.54, 1.807) is 18.2 Å². The smallest absolute Gasteiger partial charge is 0.267 e. The molecule has 5 heteroatoms. The summed E-state index contributed by atoms with van der Waals surface area (Å²) in [5.74, 6) is 0.0444. The Labute approximate surface area is 82.9 Å². The van der Waals surface area contributed by atoms with Gasteiger partial charge < -0.3 is 5.11 Å². The van der Waals surface area contributed by atoms with Gasteiger partial charge in [0.25, 0.3) is 10.1 Å². The Balaban J connectivity index is 2.85. The van der Waals surface area contributed by atoms with E-state index in [2.05, 4.69) is 0 Å². The second kappa shape index (κ2) is 3.98. The van der Waals surface area contributed by atoms with Crippen LogP contribution in [0, 0.1) is 0 Å². The fourth-order valence-electron chi connectivity index (χ4n) is 1.10. The van der Waals surface area contributed by atoms with Gasteiger partial charge >= 0.3 is 0 Å². The van der Waals surface area contributed by atoms with Crippen LogP contribution in [-0.2, 0) is 16.5 Å². The SMILES string of the molecule is CC(Cc1ccccc1O)S(=O)(=O)O. The van der Waals surface area contributed by atoms with Crippen LogP contribution in [0.15, 0.2) is 24.3 Å². The molecule has 78 valence electrons. The summed E-state index contributed by atoms with van der Waals surface area (Å²) in [5, 5.41) is 8.44. The molecule has 0 amide bonds. The van der Waals surface area contributed by atoms with E-state index in [-0.39, 0.29) is 12.2 Å². The van der Waals surface area contributed by atoms with Crippen LogP contribution in [0.25, 0.3) is 0 Å². The molecule has 0 bridgehead atoms. The molecule has 0 aliphatic heterocycles. The first-order valence-electron chi connectivity index (χ1n) is 4.14. The summed E-state index contributed by atoms with van der Waals surface area (Å²) in [6.45, 7) is 1.39. The summed E-state index contributed by atoms with van der Waals surface area (Å²) < 4.78 is 30.2. The number of hydrogen-bond acceptors (Lipinski definition) is 3. The Morgan fingerprint density at radius 2 is 1.93 bits per heavy atom. The molecule has 14 heavy (non-hydrogen) atoms. The Morgan fingerprint density at radius 1 is 1.36 bits per heavy atom. The minimum atomic E-state index is -4.03. The molecule has 0 heterocycles. The number of aromatic hydroxyl groups is 1. The highest BCUT2D eigenvalue weighted by Gasteiger charge is 2.18. The second-order valence-electron chi connectivity index (χ2n) is 3.16. The van der Waals surface area contributed by atoms with Crippen LogP contribution in [0.2, 0.25) is 0 Å². The lowest BCUT2D eigenvalue weighted by Gasteiger charge is -2.08. The maximum Gasteiger partial charge on any atom is 0.267 e. The van der Waals surface area contributed by atoms with Crippen molar-refractivity contribution in [2.75, 3.05) is 0 Å². The monoisotopic (exact) mass is 216 g/mol. The van der Waals surface area contributed by atoms with Crippen molar-refractivity contribution in [2.45, 2.75) is 18.6 Å². The van der Waals surface area contributed by atoms with Crippen molar-refractivity contribution < 1.29 is 18.1 Å². The van der Waals surface area contributed by atoms with Gasteiger partial charge in [-0.15, -0.1) is 0 Å². The summed E-state index contributed by atoms with van der Waals surface area (Å²) >= 11 is 0. The molecule has 2 N–H and O–H groups in total. The van der Waals surface area contributed by atoms with Crippen molar-refractivity contribution in [3.8, 4) is 5.75 Å². The van der Waals surface area contributed by atoms with E-state index < -0.39 is 15.4 Å². The third kappa shape index (κ3) is 2.71. The first-order valence-corrected chi connectivity index (χ1v) is 5.64. The maximum atomic E-state index is 10.7. The molecule has 0 aliphatic carbocycles. The number of rotatable bonds is 3. The molecular weight excluding hydrogens is 204 g/mol. The number of para-hydroxylation sites is 1. The molecule has 1 atom stereocenters. The van der Waals surface area contributed by atoms with Crippen LogP contribution in [-0.4, -0.2) is 23.3 Å². The first kappa shape index (κ1) is 11.0. The summed E-state index contributed by atoms with van der Waals surface area (Å²) in [6.07, 6.45) is 0.103. The molecule has 1 rings (SSSR count). The normalized spacial score (nSPS) is 13.9. The zero-order valence-electron chi connectivity index (χ0n) is 7.71. The molecule has 0 saturated heterocycles. The first-order chi connectivity index (χ1) is 6.41. The van der Waals surface area contributed by atoms with Gasteiger partial charge in [-0.05, 0) is 25.0 Å². The van der Waals surface area contributed by atoms with Crippen LogP contribution in [0.5, 0.6) is 5.75 Å². The molecule has 4 nitrogen and oxygen atoms in total. The zero-order valence-corrected chi connectivity index (χ0v) is 8.53. The van der Waals surface area contributed by atoms with Gasteiger partial charge in [0.1, 0.15) is 5.75 Å². The summed E-state index contributed by atoms with van der Waals surface area (Å²) in [4.78, 5) is 0. The van der Waals surface area contributed by atoms with E-state index in [0.29, 0.717) is 5.56 Å². The van der Waals surface area contributed by atoms with Crippen molar-refractivity contribution in [3.63, 3.8) is 0 Å². The topological polar surface area (TPSA) is 74.6 Å². The highest BCUT2D eigenvalue weighted by Crippen LogP contribution is 2.19. The quantitative estimate of drug-likeness (QED) is 0.745. The molecule has 0 fully saturated rings. The lowest BCUT2D eigenvalue weighted by atomic mass is 10.1. The van der Waals surface area contributed by atoms with Gasteiger partial charge in [0.15, 0.2) is 0 Å². The average molecular weight is 216 g/mol. The highest BCUT2D eigenvalue weighted by molar-refractivity contribution is 7.86. The molecule has 0 radical (unpaired) electrons. The van der Waals surface area contributed by atoms with E-state index in [1.807, 2.05) is 0 Å². The lowest BCUT2D eigenvalue weighted by Crippen LogP contribution is -2.19. The molecule has 0 saturated carbocycles. The van der Waals surface area contributed by atoms with E-state index >= 15 is 0 Å². The van der Waals surface area contributed by atoms with Crippen LogP contribution in [0.3, 0.4) is 0 Å². The van der Waals surface area contributed by atoms with Crippen molar-refractivity contribution in [1.29, 1.82) is 0 Å². The van der Waals surface area contributed by atoms with E-state index in [4.69, 9.17) is 4.55 Å². The molecule has 1 unspecified atom stereocenters. The highest BCUT2D eigenvalue weighted by atomic mass is 32.2. The zero-order chi connectivity index (χ0) is 10.8. The summed E-state index contributed by atoms with van der Waals surface area (Å²) in [7, 11) is -4.03. The predicted octanol–water partition coefficient (Wildman–Crippen LogP) is 1.21. The minimum Gasteiger partial charge on any atom is -0.508 e. The van der Waals surface area contributed by atoms with E-state index in [0.717, 1.165) is 0 Å². The van der Waals surface area contributed by atoms with E-state index in [1.165, 1.54) is 13.0 Å². The largest absolute Gasteiger partial charge is 0.508 e. The second-order valence-corrected chi connectivity index (χ2v) is 4.99. The number of phenolic OH excluding ortho intramolecular Hbond substituents is 1. The third-order valence-corrected chi connectivity index (χ3v) is 3.19. The number of hydrogen-bond donors (Lipinski definition) is 2. The van der Waals surface area contributed by atoms with Crippen molar-refractivity contribution in [3.05, 3.63) is 29.8 Å². The summed E-state index contributed by atoms with van der Waals surface area (Å²) in [6, 6.07) is 6.45. The minimum absolute atomic E-state index is 0.0444. The van der Waals surface area contributed by atoms with Gasteiger partial charge in [-0.25, -0.2) is 0 Å². The predicted molar refractivity (Wildman–Crippen MR) is 52.8 cm³/mol. The molecule has 0 aromatic heterocycles. The van der Waals surface area contributed by atoms with E-state index in [9.17, 15) is 13.5 Å². The van der Waals surface area contributed by atoms with Gasteiger partial charge in [0.2, 0.25) is 0 Å². The van der Waals surface area contributed by atoms with Gasteiger partial charge in [-0.3, -0.25) is 4.55 Å². The molecular formula is C9H12O4S. The van der Waals surface area contributed by atoms with Crippen LogP contribution in [0.1, 0.15) is 12.5 Å². The van der Waals surface area contributed by atoms with Crippen LogP contribution >= 0.6 is 0 Å². The van der Waals surface area contributed by atoms with Gasteiger partial charge in [-0.1, -0.05) is 18.2 Å². The third-order valence-electron chi connectivity index (χ3n) is 2.01. The Bertz CT molecular complexity index is 411. The Hall–Kier alpha value is -1.07. The Kier molecular flexibility index (Phi) is 3.13. The van der Waals surface area contributed by atoms with Crippen molar-refractivity contribution in [2.24, 2.45) is 0 Å². The van der Waals surface area contributed by atoms with Crippen molar-refractivity contribution >= 4 is 10.1 Å². The standard InChI is InChI=1S/C9H12O4S/c1-7(14(11,12)13)6-8-4-2-3-5-9(8)10/h2-5,7,10H,6H2,1H3,(H,11,12,13). The number of benzene rings is 1. The van der Waals surface area contributed by atoms with Gasteiger partial charge in [0.05, 0.1) is 5.25 Å². The maximum absolute atomic E-state index is 10.7. The molecule has 1 aromatic rings. The van der Waals surface area contributed by atoms with Gasteiger partial charge in [0, 0.05) is 0 Å². The Morgan fingerprint density at radius 3 is 2.43 bits per heavy atom. The van der Waals surface area contributed by atoms with Crippen molar-refractivity contribution in [1.82, 2.24) is 0 Å².